The summed E-state index contributed by atoms with van der Waals surface area (Å²) in [5, 5.41) is 6.27. The molecule has 0 spiro atoms. The third kappa shape index (κ3) is 5.99. The molecule has 0 bridgehead atoms. The van der Waals surface area contributed by atoms with Gasteiger partial charge in [-0.25, -0.2) is 4.98 Å². The van der Waals surface area contributed by atoms with Gasteiger partial charge in [0.25, 0.3) is 0 Å². The molecule has 2 heterocycles. The van der Waals surface area contributed by atoms with Crippen LogP contribution in [0.2, 0.25) is 0 Å². The van der Waals surface area contributed by atoms with Gasteiger partial charge in [-0.1, -0.05) is 28.1 Å². The van der Waals surface area contributed by atoms with E-state index in [1.807, 2.05) is 31.2 Å². The van der Waals surface area contributed by atoms with Gasteiger partial charge >= 0.3 is 0 Å². The second-order valence-corrected chi connectivity index (χ2v) is 6.70. The Labute approximate surface area is 168 Å². The predicted molar refractivity (Wildman–Crippen MR) is 107 cm³/mol. The number of hydrogen-bond donors (Lipinski definition) is 2. The summed E-state index contributed by atoms with van der Waals surface area (Å²) in [6.45, 7) is 3.76. The maximum absolute atomic E-state index is 12.0. The molecule has 1 unspecified atom stereocenters. The Morgan fingerprint density at radius 3 is 2.72 bits per heavy atom. The number of benzene rings is 1. The van der Waals surface area contributed by atoms with Gasteiger partial charge in [0.15, 0.2) is 11.7 Å². The van der Waals surface area contributed by atoms with Crippen LogP contribution in [0.25, 0.3) is 11.3 Å². The Bertz CT molecular complexity index is 686. The number of carbonyl (C=O) groups is 1. The molecular formula is C17H22BrCl2N3O2. The average molecular weight is 451 g/mol. The molecular weight excluding hydrogens is 429 g/mol. The van der Waals surface area contributed by atoms with Crippen LogP contribution < -0.4 is 10.6 Å². The number of amides is 1. The summed E-state index contributed by atoms with van der Waals surface area (Å²) >= 11 is 3.42. The van der Waals surface area contributed by atoms with Gasteiger partial charge in [0.2, 0.25) is 5.91 Å². The summed E-state index contributed by atoms with van der Waals surface area (Å²) in [4.78, 5) is 16.4. The number of halogens is 3. The SMILES string of the molecule is Cc1nc(CCC(=O)NC2CCNC2)oc1-c1ccc(Br)cc1.Cl.Cl. The lowest BCUT2D eigenvalue weighted by Gasteiger charge is -2.10. The Morgan fingerprint density at radius 1 is 1.36 bits per heavy atom. The van der Waals surface area contributed by atoms with Gasteiger partial charge in [0, 0.05) is 35.5 Å². The molecule has 2 aromatic rings. The van der Waals surface area contributed by atoms with Gasteiger partial charge < -0.3 is 15.1 Å². The van der Waals surface area contributed by atoms with Crippen molar-refractivity contribution >= 4 is 46.7 Å². The smallest absolute Gasteiger partial charge is 0.220 e. The number of aryl methyl sites for hydroxylation is 2. The highest BCUT2D eigenvalue weighted by molar-refractivity contribution is 9.10. The second kappa shape index (κ2) is 10.2. The summed E-state index contributed by atoms with van der Waals surface area (Å²) in [6.07, 6.45) is 1.91. The van der Waals surface area contributed by atoms with Crippen LogP contribution in [0, 0.1) is 6.92 Å². The van der Waals surface area contributed by atoms with Crippen LogP contribution in [0.5, 0.6) is 0 Å². The normalized spacial score (nSPS) is 16.0. The van der Waals surface area contributed by atoms with E-state index in [0.29, 0.717) is 18.7 Å². The van der Waals surface area contributed by atoms with E-state index in [0.717, 1.165) is 41.0 Å². The lowest BCUT2D eigenvalue weighted by molar-refractivity contribution is -0.121. The summed E-state index contributed by atoms with van der Waals surface area (Å²) < 4.78 is 6.87. The number of hydrogen-bond acceptors (Lipinski definition) is 4. The molecule has 25 heavy (non-hydrogen) atoms. The average Bonchev–Trinajstić information content (AvgIpc) is 3.16. The zero-order valence-electron chi connectivity index (χ0n) is 13.9. The molecule has 2 N–H and O–H groups in total. The van der Waals surface area contributed by atoms with Crippen LogP contribution in [-0.4, -0.2) is 30.0 Å². The van der Waals surface area contributed by atoms with Crippen molar-refractivity contribution in [3.05, 3.63) is 40.3 Å². The van der Waals surface area contributed by atoms with Crippen LogP contribution in [0.3, 0.4) is 0 Å². The molecule has 0 saturated carbocycles. The zero-order valence-corrected chi connectivity index (χ0v) is 17.1. The third-order valence-corrected chi connectivity index (χ3v) is 4.47. The molecule has 0 radical (unpaired) electrons. The Morgan fingerprint density at radius 2 is 2.08 bits per heavy atom. The first-order valence-electron chi connectivity index (χ1n) is 7.84. The van der Waals surface area contributed by atoms with E-state index in [4.69, 9.17) is 4.42 Å². The van der Waals surface area contributed by atoms with E-state index in [-0.39, 0.29) is 36.8 Å². The summed E-state index contributed by atoms with van der Waals surface area (Å²) in [6, 6.07) is 8.18. The van der Waals surface area contributed by atoms with E-state index >= 15 is 0 Å². The molecule has 1 saturated heterocycles. The monoisotopic (exact) mass is 449 g/mol. The molecule has 1 aliphatic rings. The van der Waals surface area contributed by atoms with Crippen molar-refractivity contribution < 1.29 is 9.21 Å². The Balaban J connectivity index is 0.00000156. The highest BCUT2D eigenvalue weighted by Crippen LogP contribution is 2.26. The predicted octanol–water partition coefficient (Wildman–Crippen LogP) is 3.67. The Hall–Kier alpha value is -1.08. The molecule has 5 nitrogen and oxygen atoms in total. The number of carbonyl (C=O) groups excluding carboxylic acids is 1. The fourth-order valence-corrected chi connectivity index (χ4v) is 2.99. The summed E-state index contributed by atoms with van der Waals surface area (Å²) in [7, 11) is 0. The van der Waals surface area contributed by atoms with Crippen LogP contribution in [0.4, 0.5) is 0 Å². The zero-order chi connectivity index (χ0) is 16.2. The molecule has 1 aliphatic heterocycles. The fourth-order valence-electron chi connectivity index (χ4n) is 2.73. The van der Waals surface area contributed by atoms with Crippen molar-refractivity contribution in [1.82, 2.24) is 15.6 Å². The number of nitrogens with zero attached hydrogens (tertiary/aromatic N) is 1. The van der Waals surface area contributed by atoms with Crippen molar-refractivity contribution in [2.45, 2.75) is 32.2 Å². The Kier molecular flexibility index (Phi) is 8.93. The van der Waals surface area contributed by atoms with Crippen molar-refractivity contribution in [2.75, 3.05) is 13.1 Å². The molecule has 1 fully saturated rings. The lowest BCUT2D eigenvalue weighted by Crippen LogP contribution is -2.36. The van der Waals surface area contributed by atoms with Gasteiger partial charge in [0.05, 0.1) is 5.69 Å². The maximum Gasteiger partial charge on any atom is 0.220 e. The quantitative estimate of drug-likeness (QED) is 0.729. The van der Waals surface area contributed by atoms with E-state index in [2.05, 4.69) is 31.5 Å². The van der Waals surface area contributed by atoms with Crippen molar-refractivity contribution in [3.8, 4) is 11.3 Å². The van der Waals surface area contributed by atoms with Gasteiger partial charge in [-0.3, -0.25) is 4.79 Å². The van der Waals surface area contributed by atoms with Gasteiger partial charge in [-0.2, -0.15) is 0 Å². The molecule has 138 valence electrons. The minimum atomic E-state index is 0. The molecule has 1 aromatic carbocycles. The number of aromatic nitrogens is 1. The fraction of sp³-hybridized carbons (Fsp3) is 0.412. The topological polar surface area (TPSA) is 67.2 Å². The highest BCUT2D eigenvalue weighted by Gasteiger charge is 2.17. The van der Waals surface area contributed by atoms with E-state index in [1.54, 1.807) is 0 Å². The van der Waals surface area contributed by atoms with Crippen LogP contribution in [0.1, 0.15) is 24.4 Å². The van der Waals surface area contributed by atoms with Crippen molar-refractivity contribution in [3.63, 3.8) is 0 Å². The number of rotatable bonds is 5. The van der Waals surface area contributed by atoms with Crippen LogP contribution in [0.15, 0.2) is 33.2 Å². The second-order valence-electron chi connectivity index (χ2n) is 5.79. The standard InChI is InChI=1S/C17H20BrN3O2.2ClH/c1-11-17(12-2-4-13(18)5-3-12)23-16(20-11)7-6-15(22)21-14-8-9-19-10-14;;/h2-5,14,19H,6-10H2,1H3,(H,21,22);2*1H. The minimum absolute atomic E-state index is 0. The van der Waals surface area contributed by atoms with Crippen molar-refractivity contribution in [1.29, 1.82) is 0 Å². The van der Waals surface area contributed by atoms with Gasteiger partial charge in [-0.15, -0.1) is 24.8 Å². The first kappa shape index (κ1) is 22.0. The molecule has 1 aromatic heterocycles. The van der Waals surface area contributed by atoms with Crippen molar-refractivity contribution in [2.24, 2.45) is 0 Å². The van der Waals surface area contributed by atoms with E-state index in [1.165, 1.54) is 0 Å². The maximum atomic E-state index is 12.0. The summed E-state index contributed by atoms with van der Waals surface area (Å²) in [5.41, 5.74) is 1.84. The van der Waals surface area contributed by atoms with Crippen LogP contribution in [-0.2, 0) is 11.2 Å². The first-order valence-corrected chi connectivity index (χ1v) is 8.63. The largest absolute Gasteiger partial charge is 0.440 e. The molecule has 0 aliphatic carbocycles. The third-order valence-electron chi connectivity index (χ3n) is 3.94. The van der Waals surface area contributed by atoms with E-state index < -0.39 is 0 Å². The van der Waals surface area contributed by atoms with Crippen LogP contribution >= 0.6 is 40.7 Å². The minimum Gasteiger partial charge on any atom is -0.440 e. The first-order chi connectivity index (χ1) is 11.1. The molecule has 1 amide bonds. The summed E-state index contributed by atoms with van der Waals surface area (Å²) in [5.74, 6) is 1.44. The molecule has 8 heteroatoms. The molecule has 3 rings (SSSR count). The number of oxazole rings is 1. The van der Waals surface area contributed by atoms with Gasteiger partial charge in [0.1, 0.15) is 0 Å². The van der Waals surface area contributed by atoms with Gasteiger partial charge in [-0.05, 0) is 32.0 Å². The highest BCUT2D eigenvalue weighted by atomic mass is 79.9. The lowest BCUT2D eigenvalue weighted by atomic mass is 10.1. The van der Waals surface area contributed by atoms with E-state index in [9.17, 15) is 4.79 Å². The number of nitrogens with one attached hydrogen (secondary N) is 2. The molecule has 1 atom stereocenters.